The molecule has 176 valence electrons. The molecule has 6 nitrogen and oxygen atoms in total. The van der Waals surface area contributed by atoms with E-state index in [9.17, 15) is 25.6 Å². The fraction of sp³-hybridized carbons (Fsp3) is 0.600. The molecule has 0 saturated heterocycles. The number of sulfonamides is 1. The average Bonchev–Trinajstić information content (AvgIpc) is 2.67. The molecule has 3 N–H and O–H groups in total. The summed E-state index contributed by atoms with van der Waals surface area (Å²) in [6.45, 7) is 1.20. The van der Waals surface area contributed by atoms with Crippen LogP contribution in [0.25, 0.3) is 0 Å². The molecule has 0 bridgehead atoms. The lowest BCUT2D eigenvalue weighted by molar-refractivity contribution is 0.438. The minimum atomic E-state index is -4.98. The lowest BCUT2D eigenvalue weighted by Crippen LogP contribution is -2.26. The van der Waals surface area contributed by atoms with E-state index < -0.39 is 64.6 Å². The Balaban J connectivity index is 2.56. The van der Waals surface area contributed by atoms with E-state index in [0.29, 0.717) is 12.8 Å². The highest BCUT2D eigenvalue weighted by Gasteiger charge is 2.36. The number of nitrogens with two attached hydrogens (primary N) is 1. The van der Waals surface area contributed by atoms with Crippen molar-refractivity contribution in [2.75, 3.05) is 11.1 Å². The number of anilines is 1. The van der Waals surface area contributed by atoms with Crippen molar-refractivity contribution in [3.63, 3.8) is 0 Å². The Morgan fingerprint density at radius 1 is 0.871 bits per heavy atom. The quantitative estimate of drug-likeness (QED) is 0.478. The van der Waals surface area contributed by atoms with Gasteiger partial charge in [-0.05, 0) is 38.5 Å². The van der Waals surface area contributed by atoms with Crippen LogP contribution in [0.2, 0.25) is 0 Å². The van der Waals surface area contributed by atoms with Gasteiger partial charge in [-0.3, -0.25) is 0 Å². The summed E-state index contributed by atoms with van der Waals surface area (Å²) in [5, 5.41) is 7.57. The molecule has 0 aliphatic heterocycles. The van der Waals surface area contributed by atoms with Gasteiger partial charge >= 0.3 is 0 Å². The molecule has 0 amide bonds. The van der Waals surface area contributed by atoms with Gasteiger partial charge in [0, 0.05) is 6.04 Å². The number of rotatable bonds is 5. The number of hydrogen-bond donors (Lipinski definition) is 2. The Kier molecular flexibility index (Phi) is 8.96. The summed E-state index contributed by atoms with van der Waals surface area (Å²) in [6.07, 6.45) is 11.4. The lowest BCUT2D eigenvalue weighted by atomic mass is 9.99. The van der Waals surface area contributed by atoms with Crippen molar-refractivity contribution in [1.29, 1.82) is 0 Å². The highest BCUT2D eigenvalue weighted by molar-refractivity contribution is 7.91. The number of benzene rings is 1. The van der Waals surface area contributed by atoms with E-state index in [2.05, 4.69) is 17.5 Å². The number of halogens is 3. The summed E-state index contributed by atoms with van der Waals surface area (Å²) >= 11 is 0. The first kappa shape index (κ1) is 25.7. The van der Waals surface area contributed by atoms with E-state index >= 15 is 4.39 Å². The molecule has 0 unspecified atom stereocenters. The third-order valence-corrected chi connectivity index (χ3v) is 8.02. The zero-order chi connectivity index (χ0) is 23.2. The molecule has 1 aromatic rings. The van der Waals surface area contributed by atoms with Crippen molar-refractivity contribution in [3.05, 3.63) is 29.6 Å². The molecular formula is C20H29F3N2O4S2. The minimum absolute atomic E-state index is 0.443. The summed E-state index contributed by atoms with van der Waals surface area (Å²) in [5.74, 6) is -6.43. The first-order valence-electron chi connectivity index (χ1n) is 10.4. The standard InChI is InChI=1S/C20H29F3N2O4S2/c1-2-30(26,27)20-16(22)15(21)19(31(24,28)29)17(23)18(20)25-14-12-10-8-6-4-3-5-7-9-11-13-14/h3-4,14,25H,2,5-13H2,1H3,(H2,24,28,29)/b4-3+/t14-/m1/s1. The summed E-state index contributed by atoms with van der Waals surface area (Å²) in [7, 11) is -9.40. The smallest absolute Gasteiger partial charge is 0.244 e. The van der Waals surface area contributed by atoms with E-state index in [-0.39, 0.29) is 0 Å². The number of nitrogens with one attached hydrogen (secondary N) is 1. The van der Waals surface area contributed by atoms with Crippen LogP contribution < -0.4 is 10.5 Å². The van der Waals surface area contributed by atoms with Crippen LogP contribution in [0, 0.1) is 17.5 Å². The third kappa shape index (κ3) is 6.45. The van der Waals surface area contributed by atoms with Gasteiger partial charge in [0.25, 0.3) is 0 Å². The summed E-state index contributed by atoms with van der Waals surface area (Å²) in [6, 6.07) is -0.443. The summed E-state index contributed by atoms with van der Waals surface area (Å²) in [5.41, 5.74) is -0.873. The van der Waals surface area contributed by atoms with Crippen LogP contribution in [0.3, 0.4) is 0 Å². The van der Waals surface area contributed by atoms with Gasteiger partial charge in [0.2, 0.25) is 10.0 Å². The van der Waals surface area contributed by atoms with Gasteiger partial charge in [-0.25, -0.2) is 35.1 Å². The molecule has 0 fully saturated rings. The van der Waals surface area contributed by atoms with Crippen LogP contribution in [0.5, 0.6) is 0 Å². The van der Waals surface area contributed by atoms with Gasteiger partial charge in [0.15, 0.2) is 32.2 Å². The Labute approximate surface area is 182 Å². The van der Waals surface area contributed by atoms with E-state index in [0.717, 1.165) is 44.9 Å². The lowest BCUT2D eigenvalue weighted by Gasteiger charge is -2.24. The second kappa shape index (κ2) is 10.8. The maximum Gasteiger partial charge on any atom is 0.244 e. The van der Waals surface area contributed by atoms with Gasteiger partial charge in [-0.2, -0.15) is 0 Å². The maximum atomic E-state index is 15.1. The molecule has 11 heteroatoms. The highest BCUT2D eigenvalue weighted by atomic mass is 32.2. The molecule has 2 rings (SSSR count). The normalized spacial score (nSPS) is 20.5. The van der Waals surface area contributed by atoms with Crippen molar-refractivity contribution in [1.82, 2.24) is 0 Å². The molecule has 0 aromatic heterocycles. The second-order valence-electron chi connectivity index (χ2n) is 7.66. The molecule has 0 radical (unpaired) electrons. The van der Waals surface area contributed by atoms with Crippen LogP contribution in [0.1, 0.15) is 64.7 Å². The summed E-state index contributed by atoms with van der Waals surface area (Å²) in [4.78, 5) is -2.88. The molecule has 1 atom stereocenters. The van der Waals surface area contributed by atoms with E-state index in [4.69, 9.17) is 5.14 Å². The zero-order valence-corrected chi connectivity index (χ0v) is 19.1. The molecule has 1 aliphatic rings. The van der Waals surface area contributed by atoms with Crippen LogP contribution in [-0.2, 0) is 19.9 Å². The topological polar surface area (TPSA) is 106 Å². The Morgan fingerprint density at radius 2 is 1.39 bits per heavy atom. The average molecular weight is 483 g/mol. The molecule has 0 saturated carbocycles. The Hall–Kier alpha value is -1.59. The predicted molar refractivity (Wildman–Crippen MR) is 114 cm³/mol. The highest BCUT2D eigenvalue weighted by Crippen LogP contribution is 2.36. The fourth-order valence-electron chi connectivity index (χ4n) is 3.64. The monoisotopic (exact) mass is 482 g/mol. The van der Waals surface area contributed by atoms with Crippen LogP contribution in [0.4, 0.5) is 18.9 Å². The van der Waals surface area contributed by atoms with E-state index in [1.807, 2.05) is 0 Å². The molecule has 31 heavy (non-hydrogen) atoms. The van der Waals surface area contributed by atoms with E-state index in [1.54, 1.807) is 0 Å². The van der Waals surface area contributed by atoms with Crippen molar-refractivity contribution >= 4 is 25.5 Å². The second-order valence-corrected chi connectivity index (χ2v) is 11.4. The fourth-order valence-corrected chi connectivity index (χ4v) is 5.45. The van der Waals surface area contributed by atoms with Crippen LogP contribution in [-0.4, -0.2) is 28.6 Å². The third-order valence-electron chi connectivity index (χ3n) is 5.32. The van der Waals surface area contributed by atoms with Gasteiger partial charge < -0.3 is 5.32 Å². The SMILES string of the molecule is CCS(=O)(=O)c1c(F)c(F)c(S(N)(=O)=O)c(F)c1N[C@@H]1CCCC/C=C/CCCCC1. The van der Waals surface area contributed by atoms with Crippen LogP contribution >= 0.6 is 0 Å². The number of hydrogen-bond acceptors (Lipinski definition) is 5. The molecule has 1 aliphatic carbocycles. The first-order chi connectivity index (χ1) is 14.5. The largest absolute Gasteiger partial charge is 0.379 e. The maximum absolute atomic E-state index is 15.1. The molecular weight excluding hydrogens is 453 g/mol. The summed E-state index contributed by atoms with van der Waals surface area (Å²) < 4.78 is 92.6. The Bertz CT molecular complexity index is 1030. The van der Waals surface area contributed by atoms with Crippen molar-refractivity contribution in [3.8, 4) is 0 Å². The van der Waals surface area contributed by atoms with Gasteiger partial charge in [-0.1, -0.05) is 38.3 Å². The zero-order valence-electron chi connectivity index (χ0n) is 17.5. The number of primary sulfonamides is 1. The van der Waals surface area contributed by atoms with Crippen LogP contribution in [0.15, 0.2) is 21.9 Å². The molecule has 1 aromatic carbocycles. The van der Waals surface area contributed by atoms with Gasteiger partial charge in [0.05, 0.1) is 11.4 Å². The molecule has 0 spiro atoms. The number of sulfone groups is 1. The first-order valence-corrected chi connectivity index (χ1v) is 13.6. The molecule has 0 heterocycles. The van der Waals surface area contributed by atoms with Crippen molar-refractivity contribution < 1.29 is 30.0 Å². The number of allylic oxidation sites excluding steroid dienone is 2. The predicted octanol–water partition coefficient (Wildman–Crippen LogP) is 4.41. The Morgan fingerprint density at radius 3 is 1.94 bits per heavy atom. The van der Waals surface area contributed by atoms with E-state index in [1.165, 1.54) is 6.92 Å². The van der Waals surface area contributed by atoms with Crippen molar-refractivity contribution in [2.45, 2.75) is 80.5 Å². The van der Waals surface area contributed by atoms with Gasteiger partial charge in [0.1, 0.15) is 4.90 Å². The van der Waals surface area contributed by atoms with Crippen molar-refractivity contribution in [2.24, 2.45) is 5.14 Å². The minimum Gasteiger partial charge on any atom is -0.379 e. The van der Waals surface area contributed by atoms with Gasteiger partial charge in [-0.15, -0.1) is 0 Å².